The molecule has 140 valence electrons. The Hall–Kier alpha value is -3.77. The Balaban J connectivity index is 1.68. The van der Waals surface area contributed by atoms with Crippen LogP contribution in [0.4, 0.5) is 5.69 Å². The highest BCUT2D eigenvalue weighted by atomic mass is 16.3. The number of hydrogen-bond donors (Lipinski definition) is 3. The van der Waals surface area contributed by atoms with E-state index in [9.17, 15) is 14.7 Å². The van der Waals surface area contributed by atoms with Gasteiger partial charge in [0.15, 0.2) is 0 Å². The number of hydrogen-bond acceptors (Lipinski definition) is 6. The van der Waals surface area contributed by atoms with E-state index in [0.29, 0.717) is 28.7 Å². The van der Waals surface area contributed by atoms with Gasteiger partial charge in [-0.15, -0.1) is 0 Å². The summed E-state index contributed by atoms with van der Waals surface area (Å²) < 4.78 is 0. The van der Waals surface area contributed by atoms with Gasteiger partial charge in [-0.05, 0) is 18.2 Å². The number of aromatic nitrogens is 4. The fourth-order valence-electron chi connectivity index (χ4n) is 2.98. The average molecular weight is 376 g/mol. The number of aromatic amines is 1. The van der Waals surface area contributed by atoms with Gasteiger partial charge < -0.3 is 15.3 Å². The second-order valence-electron chi connectivity index (χ2n) is 6.49. The molecule has 0 spiro atoms. The van der Waals surface area contributed by atoms with Crippen LogP contribution in [0.3, 0.4) is 0 Å². The number of amides is 2. The summed E-state index contributed by atoms with van der Waals surface area (Å²) in [5, 5.41) is 20.8. The maximum absolute atomic E-state index is 12.4. The number of carbonyl (C=O) groups is 2. The second-order valence-corrected chi connectivity index (χ2v) is 6.49. The monoisotopic (exact) mass is 376 g/mol. The third kappa shape index (κ3) is 3.17. The van der Waals surface area contributed by atoms with Gasteiger partial charge >= 0.3 is 0 Å². The lowest BCUT2D eigenvalue weighted by Gasteiger charge is -2.13. The lowest BCUT2D eigenvalue weighted by Crippen LogP contribution is -2.37. The molecule has 1 saturated heterocycles. The number of anilines is 1. The molecule has 0 radical (unpaired) electrons. The fourth-order valence-corrected chi connectivity index (χ4v) is 2.98. The first-order valence-corrected chi connectivity index (χ1v) is 8.52. The average Bonchev–Trinajstić information content (AvgIpc) is 3.28. The number of aliphatic hydroxyl groups is 1. The van der Waals surface area contributed by atoms with E-state index < -0.39 is 17.4 Å². The molecule has 0 bridgehead atoms. The third-order valence-electron chi connectivity index (χ3n) is 4.54. The van der Waals surface area contributed by atoms with Gasteiger partial charge in [-0.3, -0.25) is 14.7 Å². The van der Waals surface area contributed by atoms with Gasteiger partial charge in [0.2, 0.25) is 5.60 Å². The van der Waals surface area contributed by atoms with E-state index in [2.05, 4.69) is 37.3 Å². The topological polar surface area (TPSA) is 124 Å². The summed E-state index contributed by atoms with van der Waals surface area (Å²) in [7, 11) is 1.62. The highest BCUT2D eigenvalue weighted by Crippen LogP contribution is 2.25. The Morgan fingerprint density at radius 2 is 2.29 bits per heavy atom. The smallest absolute Gasteiger partial charge is 0.274 e. The molecule has 28 heavy (non-hydrogen) atoms. The second kappa shape index (κ2) is 6.75. The summed E-state index contributed by atoms with van der Waals surface area (Å²) in [5.41, 5.74) is 0.192. The van der Waals surface area contributed by atoms with Crippen molar-refractivity contribution in [3.8, 4) is 11.8 Å². The summed E-state index contributed by atoms with van der Waals surface area (Å²) in [6.45, 7) is 0.448. The molecule has 3 heterocycles. The van der Waals surface area contributed by atoms with Crippen molar-refractivity contribution in [1.82, 2.24) is 25.1 Å². The van der Waals surface area contributed by atoms with E-state index in [1.165, 1.54) is 23.5 Å². The van der Waals surface area contributed by atoms with Crippen molar-refractivity contribution in [3.05, 3.63) is 48.2 Å². The van der Waals surface area contributed by atoms with Gasteiger partial charge in [0.05, 0.1) is 17.4 Å². The van der Waals surface area contributed by atoms with E-state index >= 15 is 0 Å². The maximum atomic E-state index is 12.4. The van der Waals surface area contributed by atoms with Crippen molar-refractivity contribution in [2.45, 2.75) is 12.0 Å². The van der Waals surface area contributed by atoms with Crippen LogP contribution in [0.25, 0.3) is 10.9 Å². The van der Waals surface area contributed by atoms with Crippen molar-refractivity contribution in [3.63, 3.8) is 0 Å². The molecular formula is C19H16N6O3. The number of rotatable bonds is 2. The molecule has 0 saturated carbocycles. The molecular weight excluding hydrogens is 360 g/mol. The van der Waals surface area contributed by atoms with Crippen molar-refractivity contribution in [2.24, 2.45) is 0 Å². The first-order chi connectivity index (χ1) is 13.5. The van der Waals surface area contributed by atoms with Crippen LogP contribution in [0.15, 0.2) is 36.9 Å². The van der Waals surface area contributed by atoms with E-state index in [4.69, 9.17) is 0 Å². The molecule has 0 aliphatic carbocycles. The summed E-state index contributed by atoms with van der Waals surface area (Å²) in [5.74, 6) is 4.69. The normalized spacial score (nSPS) is 18.8. The molecule has 2 aromatic heterocycles. The van der Waals surface area contributed by atoms with Crippen LogP contribution in [-0.4, -0.2) is 61.2 Å². The quantitative estimate of drug-likeness (QED) is 0.561. The van der Waals surface area contributed by atoms with E-state index in [-0.39, 0.29) is 12.1 Å². The van der Waals surface area contributed by atoms with Gasteiger partial charge in [0, 0.05) is 37.2 Å². The van der Waals surface area contributed by atoms with Gasteiger partial charge in [0.1, 0.15) is 12.0 Å². The molecule has 2 amide bonds. The van der Waals surface area contributed by atoms with Gasteiger partial charge in [-0.1, -0.05) is 11.8 Å². The third-order valence-corrected chi connectivity index (χ3v) is 4.54. The van der Waals surface area contributed by atoms with Crippen molar-refractivity contribution < 1.29 is 14.7 Å². The minimum absolute atomic E-state index is 0.219. The van der Waals surface area contributed by atoms with Crippen molar-refractivity contribution in [2.75, 3.05) is 18.9 Å². The summed E-state index contributed by atoms with van der Waals surface area (Å²) in [4.78, 5) is 33.7. The van der Waals surface area contributed by atoms with E-state index in [0.717, 1.165) is 0 Å². The number of likely N-dealkylation sites (tertiary alicyclic amines) is 1. The standard InChI is InChI=1S/C19H16N6O3/c1-25-7-5-19(28,18(25)27)4-2-12-8-15(13-10-22-24-16(13)9-12)23-17(26)14-3-6-20-11-21-14/h3,6,8-11,28H,5,7H2,1H3,(H,22,24)(H,23,26)/t19-/m0/s1. The van der Waals surface area contributed by atoms with E-state index in [1.54, 1.807) is 25.4 Å². The number of fused-ring (bicyclic) bond motifs is 1. The zero-order valence-corrected chi connectivity index (χ0v) is 14.9. The first-order valence-electron chi connectivity index (χ1n) is 8.52. The Morgan fingerprint density at radius 3 is 3.00 bits per heavy atom. The number of carbonyl (C=O) groups excluding carboxylic acids is 2. The summed E-state index contributed by atoms with van der Waals surface area (Å²) in [6, 6.07) is 4.90. The van der Waals surface area contributed by atoms with Crippen LogP contribution >= 0.6 is 0 Å². The van der Waals surface area contributed by atoms with Crippen molar-refractivity contribution >= 4 is 28.4 Å². The molecule has 3 N–H and O–H groups in total. The number of likely N-dealkylation sites (N-methyl/N-ethyl adjacent to an activating group) is 1. The molecule has 0 unspecified atom stereocenters. The Bertz CT molecular complexity index is 1130. The number of nitrogens with one attached hydrogen (secondary N) is 2. The Morgan fingerprint density at radius 1 is 1.43 bits per heavy atom. The Kier molecular flexibility index (Phi) is 4.25. The minimum atomic E-state index is -1.69. The molecule has 9 heteroatoms. The summed E-state index contributed by atoms with van der Waals surface area (Å²) >= 11 is 0. The molecule has 1 atom stereocenters. The van der Waals surface area contributed by atoms with Crippen LogP contribution < -0.4 is 5.32 Å². The van der Waals surface area contributed by atoms with Crippen LogP contribution in [0.5, 0.6) is 0 Å². The van der Waals surface area contributed by atoms with Crippen molar-refractivity contribution in [1.29, 1.82) is 0 Å². The SMILES string of the molecule is CN1CC[C@@](O)(C#Cc2cc(NC(=O)c3ccncn3)c3cn[nH]c3c2)C1=O. The zero-order valence-electron chi connectivity index (χ0n) is 14.9. The molecule has 1 fully saturated rings. The minimum Gasteiger partial charge on any atom is -0.369 e. The largest absolute Gasteiger partial charge is 0.369 e. The lowest BCUT2D eigenvalue weighted by molar-refractivity contribution is -0.137. The number of nitrogens with zero attached hydrogens (tertiary/aromatic N) is 4. The van der Waals surface area contributed by atoms with E-state index in [1.807, 2.05) is 0 Å². The van der Waals surface area contributed by atoms with Gasteiger partial charge in [-0.25, -0.2) is 9.97 Å². The molecule has 1 aromatic carbocycles. The highest BCUT2D eigenvalue weighted by Gasteiger charge is 2.42. The zero-order chi connectivity index (χ0) is 19.7. The molecule has 1 aliphatic heterocycles. The summed E-state index contributed by atoms with van der Waals surface area (Å²) in [6.07, 6.45) is 4.61. The predicted octanol–water partition coefficient (Wildman–Crippen LogP) is 0.550. The van der Waals surface area contributed by atoms with Crippen LogP contribution in [0.2, 0.25) is 0 Å². The molecule has 1 aliphatic rings. The molecule has 3 aromatic rings. The van der Waals surface area contributed by atoms with Crippen LogP contribution in [0.1, 0.15) is 22.5 Å². The number of H-pyrrole nitrogens is 1. The fraction of sp³-hybridized carbons (Fsp3) is 0.211. The maximum Gasteiger partial charge on any atom is 0.274 e. The predicted molar refractivity (Wildman–Crippen MR) is 100 cm³/mol. The Labute approximate surface area is 159 Å². The number of benzene rings is 1. The molecule has 4 rings (SSSR count). The lowest BCUT2D eigenvalue weighted by atomic mass is 10.0. The van der Waals surface area contributed by atoms with Crippen LogP contribution in [0, 0.1) is 11.8 Å². The van der Waals surface area contributed by atoms with Crippen LogP contribution in [-0.2, 0) is 4.79 Å². The highest BCUT2D eigenvalue weighted by molar-refractivity contribution is 6.08. The first kappa shape index (κ1) is 17.6. The van der Waals surface area contributed by atoms with Gasteiger partial charge in [-0.2, -0.15) is 5.10 Å². The van der Waals surface area contributed by atoms with Gasteiger partial charge in [0.25, 0.3) is 11.8 Å². The molecule has 9 nitrogen and oxygen atoms in total.